The summed E-state index contributed by atoms with van der Waals surface area (Å²) < 4.78 is 6.02. The Bertz CT molecular complexity index is 1120. The summed E-state index contributed by atoms with van der Waals surface area (Å²) in [7, 11) is 0. The number of benzene rings is 2. The summed E-state index contributed by atoms with van der Waals surface area (Å²) in [4.78, 5) is 18.7. The second-order valence-corrected chi connectivity index (χ2v) is 6.12. The highest BCUT2D eigenvalue weighted by Crippen LogP contribution is 2.37. The normalized spacial score (nSPS) is 11.1. The van der Waals surface area contributed by atoms with Crippen LogP contribution in [0.4, 0.5) is 0 Å². The Hall–Kier alpha value is -3.05. The molecule has 0 aliphatic rings. The lowest BCUT2D eigenvalue weighted by molar-refractivity contribution is 0.0690. The standard InChI is InChI=1S/C19H13ClN2O3/c1-10-16-14(9-21-18(10)19(23)24)22-13-3-2-4-15(17(13)16)25-12-7-5-11(20)6-8-12/h2-9,22H,1H3,(H,23,24). The van der Waals surface area contributed by atoms with Gasteiger partial charge in [-0.15, -0.1) is 0 Å². The second kappa shape index (κ2) is 5.79. The minimum atomic E-state index is -1.05. The van der Waals surface area contributed by atoms with Crippen LogP contribution in [0.2, 0.25) is 5.02 Å². The number of H-pyrrole nitrogens is 1. The second-order valence-electron chi connectivity index (χ2n) is 5.69. The number of hydrogen-bond donors (Lipinski definition) is 2. The van der Waals surface area contributed by atoms with Gasteiger partial charge in [0.25, 0.3) is 0 Å². The van der Waals surface area contributed by atoms with Gasteiger partial charge in [0.05, 0.1) is 22.6 Å². The summed E-state index contributed by atoms with van der Waals surface area (Å²) in [5, 5.41) is 11.6. The number of carboxylic acids is 1. The fourth-order valence-corrected chi connectivity index (χ4v) is 3.12. The Kier molecular flexibility index (Phi) is 3.58. The molecule has 4 rings (SSSR count). The van der Waals surface area contributed by atoms with Crippen molar-refractivity contribution in [3.05, 3.63) is 64.9 Å². The summed E-state index contributed by atoms with van der Waals surface area (Å²) in [6, 6.07) is 12.7. The van der Waals surface area contributed by atoms with E-state index in [0.29, 0.717) is 22.1 Å². The molecule has 6 heteroatoms. The number of pyridine rings is 1. The maximum absolute atomic E-state index is 11.4. The van der Waals surface area contributed by atoms with Crippen molar-refractivity contribution in [3.8, 4) is 11.5 Å². The molecule has 0 spiro atoms. The summed E-state index contributed by atoms with van der Waals surface area (Å²) >= 11 is 5.92. The van der Waals surface area contributed by atoms with Crippen LogP contribution in [0.3, 0.4) is 0 Å². The molecular formula is C19H13ClN2O3. The zero-order valence-corrected chi connectivity index (χ0v) is 14.0. The summed E-state index contributed by atoms with van der Waals surface area (Å²) in [6.07, 6.45) is 1.54. The van der Waals surface area contributed by atoms with Gasteiger partial charge in [-0.25, -0.2) is 9.78 Å². The van der Waals surface area contributed by atoms with Gasteiger partial charge in [0.2, 0.25) is 0 Å². The van der Waals surface area contributed by atoms with E-state index in [9.17, 15) is 9.90 Å². The van der Waals surface area contributed by atoms with Gasteiger partial charge in [-0.05, 0) is 48.9 Å². The minimum Gasteiger partial charge on any atom is -0.477 e. The van der Waals surface area contributed by atoms with Crippen LogP contribution >= 0.6 is 11.6 Å². The van der Waals surface area contributed by atoms with Crippen molar-refractivity contribution in [1.29, 1.82) is 0 Å². The third-order valence-corrected chi connectivity index (χ3v) is 4.36. The zero-order chi connectivity index (χ0) is 17.6. The molecule has 2 aromatic heterocycles. The first-order valence-corrected chi connectivity index (χ1v) is 7.99. The maximum atomic E-state index is 11.4. The Balaban J connectivity index is 1.96. The largest absolute Gasteiger partial charge is 0.477 e. The topological polar surface area (TPSA) is 75.2 Å². The molecule has 0 saturated heterocycles. The van der Waals surface area contributed by atoms with Crippen LogP contribution in [0.15, 0.2) is 48.7 Å². The molecule has 2 heterocycles. The Morgan fingerprint density at radius 2 is 1.88 bits per heavy atom. The molecule has 0 atom stereocenters. The Morgan fingerprint density at radius 1 is 1.12 bits per heavy atom. The predicted octanol–water partition coefficient (Wildman–Crippen LogP) is 5.17. The molecule has 2 N–H and O–H groups in total. The van der Waals surface area contributed by atoms with Crippen LogP contribution < -0.4 is 4.74 Å². The Labute approximate surface area is 147 Å². The van der Waals surface area contributed by atoms with Gasteiger partial charge in [0.15, 0.2) is 5.69 Å². The first kappa shape index (κ1) is 15.5. The van der Waals surface area contributed by atoms with Crippen molar-refractivity contribution >= 4 is 39.4 Å². The quantitative estimate of drug-likeness (QED) is 0.533. The van der Waals surface area contributed by atoms with Crippen LogP contribution in [-0.2, 0) is 0 Å². The highest BCUT2D eigenvalue weighted by Gasteiger charge is 2.18. The number of aryl methyl sites for hydroxylation is 1. The lowest BCUT2D eigenvalue weighted by Gasteiger charge is -2.08. The molecule has 0 bridgehead atoms. The lowest BCUT2D eigenvalue weighted by Crippen LogP contribution is -2.03. The van der Waals surface area contributed by atoms with E-state index in [-0.39, 0.29) is 5.69 Å². The fraction of sp³-hybridized carbons (Fsp3) is 0.0526. The molecule has 124 valence electrons. The number of nitrogens with one attached hydrogen (secondary N) is 1. The number of carbonyl (C=O) groups is 1. The van der Waals surface area contributed by atoms with Crippen molar-refractivity contribution in [3.63, 3.8) is 0 Å². The monoisotopic (exact) mass is 352 g/mol. The maximum Gasteiger partial charge on any atom is 0.354 e. The number of carboxylic acid groups (broad SMARTS) is 1. The van der Waals surface area contributed by atoms with E-state index in [1.54, 1.807) is 31.2 Å². The van der Waals surface area contributed by atoms with Crippen molar-refractivity contribution in [2.24, 2.45) is 0 Å². The number of hydrogen-bond acceptors (Lipinski definition) is 3. The van der Waals surface area contributed by atoms with E-state index < -0.39 is 5.97 Å². The average molecular weight is 353 g/mol. The van der Waals surface area contributed by atoms with Crippen molar-refractivity contribution < 1.29 is 14.6 Å². The predicted molar refractivity (Wildman–Crippen MR) is 96.8 cm³/mol. The smallest absolute Gasteiger partial charge is 0.354 e. The van der Waals surface area contributed by atoms with Crippen LogP contribution in [0.5, 0.6) is 11.5 Å². The molecule has 4 aromatic rings. The van der Waals surface area contributed by atoms with Crippen LogP contribution in [0.25, 0.3) is 21.8 Å². The molecule has 5 nitrogen and oxygen atoms in total. The molecular weight excluding hydrogens is 340 g/mol. The van der Waals surface area contributed by atoms with Gasteiger partial charge in [0, 0.05) is 10.4 Å². The zero-order valence-electron chi connectivity index (χ0n) is 13.2. The van der Waals surface area contributed by atoms with E-state index in [1.165, 1.54) is 6.20 Å². The van der Waals surface area contributed by atoms with E-state index in [4.69, 9.17) is 16.3 Å². The van der Waals surface area contributed by atoms with Crippen LogP contribution in [-0.4, -0.2) is 21.0 Å². The van der Waals surface area contributed by atoms with E-state index >= 15 is 0 Å². The minimum absolute atomic E-state index is 0.0368. The van der Waals surface area contributed by atoms with Crippen molar-refractivity contribution in [1.82, 2.24) is 9.97 Å². The van der Waals surface area contributed by atoms with Gasteiger partial charge < -0.3 is 14.8 Å². The summed E-state index contributed by atoms with van der Waals surface area (Å²) in [5.74, 6) is 0.234. The third kappa shape index (κ3) is 2.58. The van der Waals surface area contributed by atoms with Crippen molar-refractivity contribution in [2.75, 3.05) is 0 Å². The number of aromatic carboxylic acids is 1. The molecule has 0 fully saturated rings. The lowest BCUT2D eigenvalue weighted by atomic mass is 10.1. The number of ether oxygens (including phenoxy) is 1. The molecule has 2 aromatic carbocycles. The first-order chi connectivity index (χ1) is 12.0. The van der Waals surface area contributed by atoms with E-state index in [1.807, 2.05) is 18.2 Å². The number of aromatic nitrogens is 2. The number of fused-ring (bicyclic) bond motifs is 3. The van der Waals surface area contributed by atoms with Gasteiger partial charge >= 0.3 is 5.97 Å². The van der Waals surface area contributed by atoms with Gasteiger partial charge in [-0.1, -0.05) is 17.7 Å². The SMILES string of the molecule is Cc1c(C(=O)O)ncc2[nH]c3cccc(Oc4ccc(Cl)cc4)c3c12. The molecule has 0 aliphatic heterocycles. The number of nitrogens with zero attached hydrogens (tertiary/aromatic N) is 1. The van der Waals surface area contributed by atoms with Gasteiger partial charge in [-0.2, -0.15) is 0 Å². The van der Waals surface area contributed by atoms with Crippen molar-refractivity contribution in [2.45, 2.75) is 6.92 Å². The molecule has 0 saturated carbocycles. The fourth-order valence-electron chi connectivity index (χ4n) is 3.00. The van der Waals surface area contributed by atoms with E-state index in [0.717, 1.165) is 21.8 Å². The van der Waals surface area contributed by atoms with Crippen LogP contribution in [0, 0.1) is 6.92 Å². The highest BCUT2D eigenvalue weighted by molar-refractivity contribution is 6.30. The molecule has 0 radical (unpaired) electrons. The molecule has 0 amide bonds. The number of aromatic amines is 1. The Morgan fingerprint density at radius 3 is 2.60 bits per heavy atom. The molecule has 0 unspecified atom stereocenters. The third-order valence-electron chi connectivity index (χ3n) is 4.11. The summed E-state index contributed by atoms with van der Waals surface area (Å²) in [5.41, 5.74) is 2.26. The number of rotatable bonds is 3. The average Bonchev–Trinajstić information content (AvgIpc) is 2.97. The molecule has 25 heavy (non-hydrogen) atoms. The van der Waals surface area contributed by atoms with Crippen LogP contribution in [0.1, 0.15) is 16.1 Å². The highest BCUT2D eigenvalue weighted by atomic mass is 35.5. The molecule has 0 aliphatic carbocycles. The summed E-state index contributed by atoms with van der Waals surface area (Å²) in [6.45, 7) is 1.76. The van der Waals surface area contributed by atoms with Gasteiger partial charge in [0.1, 0.15) is 11.5 Å². The van der Waals surface area contributed by atoms with E-state index in [2.05, 4.69) is 9.97 Å². The first-order valence-electron chi connectivity index (χ1n) is 7.61. The van der Waals surface area contributed by atoms with Gasteiger partial charge in [-0.3, -0.25) is 0 Å². The number of halogens is 1.